The summed E-state index contributed by atoms with van der Waals surface area (Å²) in [6.45, 7) is 4.96. The first kappa shape index (κ1) is 13.7. The summed E-state index contributed by atoms with van der Waals surface area (Å²) >= 11 is 0. The van der Waals surface area contributed by atoms with Gasteiger partial charge in [0.15, 0.2) is 0 Å². The Morgan fingerprint density at radius 2 is 2.27 bits per heavy atom. The first-order valence-corrected chi connectivity index (χ1v) is 7.60. The summed E-state index contributed by atoms with van der Waals surface area (Å²) in [6.07, 6.45) is 1.10. The molecular formula is C16H19N3O3. The van der Waals surface area contributed by atoms with Gasteiger partial charge >= 0.3 is 5.97 Å². The molecule has 1 aromatic heterocycles. The van der Waals surface area contributed by atoms with Crippen LogP contribution in [-0.4, -0.2) is 39.8 Å². The number of ether oxygens (including phenoxy) is 2. The van der Waals surface area contributed by atoms with Gasteiger partial charge in [-0.25, -0.2) is 9.48 Å². The smallest absolute Gasteiger partial charge is 0.338 e. The summed E-state index contributed by atoms with van der Waals surface area (Å²) in [6, 6.07) is 5.35. The third kappa shape index (κ3) is 1.80. The second-order valence-corrected chi connectivity index (χ2v) is 6.81. The van der Waals surface area contributed by atoms with Crippen LogP contribution in [0.3, 0.4) is 0 Å². The number of rotatable bonds is 2. The monoisotopic (exact) mass is 301 g/mol. The highest BCUT2D eigenvalue weighted by Crippen LogP contribution is 2.53. The highest BCUT2D eigenvalue weighted by Gasteiger charge is 2.61. The van der Waals surface area contributed by atoms with Crippen molar-refractivity contribution in [3.63, 3.8) is 0 Å². The van der Waals surface area contributed by atoms with Crippen molar-refractivity contribution in [2.24, 2.45) is 18.4 Å². The van der Waals surface area contributed by atoms with E-state index in [1.54, 1.807) is 16.8 Å². The van der Waals surface area contributed by atoms with E-state index in [2.05, 4.69) is 24.2 Å². The topological polar surface area (TPSA) is 66.2 Å². The maximum absolute atomic E-state index is 12.5. The molecule has 0 N–H and O–H groups in total. The molecular weight excluding hydrogens is 282 g/mol. The zero-order valence-corrected chi connectivity index (χ0v) is 12.9. The maximum Gasteiger partial charge on any atom is 0.338 e. The van der Waals surface area contributed by atoms with Crippen molar-refractivity contribution in [1.29, 1.82) is 0 Å². The molecule has 0 unspecified atom stereocenters. The molecule has 0 bridgehead atoms. The van der Waals surface area contributed by atoms with Crippen LogP contribution >= 0.6 is 0 Å². The second-order valence-electron chi connectivity index (χ2n) is 6.81. The quantitative estimate of drug-likeness (QED) is 0.793. The summed E-state index contributed by atoms with van der Waals surface area (Å²) < 4.78 is 13.2. The number of benzene rings is 1. The summed E-state index contributed by atoms with van der Waals surface area (Å²) in [4.78, 5) is 12.5. The zero-order chi connectivity index (χ0) is 15.5. The van der Waals surface area contributed by atoms with Crippen LogP contribution in [0.25, 0.3) is 11.0 Å². The molecule has 1 saturated heterocycles. The largest absolute Gasteiger partial charge is 0.458 e. The summed E-state index contributed by atoms with van der Waals surface area (Å²) in [7, 11) is 1.82. The van der Waals surface area contributed by atoms with Gasteiger partial charge < -0.3 is 9.47 Å². The van der Waals surface area contributed by atoms with Crippen molar-refractivity contribution in [2.75, 3.05) is 6.61 Å². The van der Waals surface area contributed by atoms with Gasteiger partial charge in [-0.2, -0.15) is 0 Å². The molecule has 2 aliphatic rings. The Hall–Kier alpha value is -1.95. The van der Waals surface area contributed by atoms with Gasteiger partial charge in [-0.3, -0.25) is 0 Å². The highest BCUT2D eigenvalue weighted by molar-refractivity contribution is 5.93. The van der Waals surface area contributed by atoms with E-state index in [0.717, 1.165) is 18.5 Å². The lowest BCUT2D eigenvalue weighted by atomic mass is 9.59. The SMILES string of the molecule is Cn1nnc2cc(C(=O)O[C@H]3[C@@H]4CCO[C@H]4C3(C)C)ccc21. The van der Waals surface area contributed by atoms with Crippen molar-refractivity contribution in [3.05, 3.63) is 23.8 Å². The van der Waals surface area contributed by atoms with Crippen molar-refractivity contribution in [1.82, 2.24) is 15.0 Å². The van der Waals surface area contributed by atoms with E-state index >= 15 is 0 Å². The first-order chi connectivity index (χ1) is 10.5. The number of hydrogen-bond acceptors (Lipinski definition) is 5. The fourth-order valence-electron chi connectivity index (χ4n) is 3.87. The number of aryl methyl sites for hydroxylation is 1. The van der Waals surface area contributed by atoms with Gasteiger partial charge in [-0.1, -0.05) is 19.1 Å². The summed E-state index contributed by atoms with van der Waals surface area (Å²) in [5, 5.41) is 7.99. The molecule has 0 amide bonds. The number of hydrogen-bond donors (Lipinski definition) is 0. The lowest BCUT2D eigenvalue weighted by molar-refractivity contribution is -0.183. The normalized spacial score (nSPS) is 29.1. The predicted molar refractivity (Wildman–Crippen MR) is 79.3 cm³/mol. The molecule has 2 heterocycles. The highest BCUT2D eigenvalue weighted by atomic mass is 16.6. The second kappa shape index (κ2) is 4.52. The maximum atomic E-state index is 12.5. The van der Waals surface area contributed by atoms with Crippen LogP contribution in [0.2, 0.25) is 0 Å². The number of fused-ring (bicyclic) bond motifs is 2. The van der Waals surface area contributed by atoms with Gasteiger partial charge in [-0.15, -0.1) is 5.10 Å². The number of nitrogens with zero attached hydrogens (tertiary/aromatic N) is 3. The van der Waals surface area contributed by atoms with Crippen LogP contribution in [0.5, 0.6) is 0 Å². The van der Waals surface area contributed by atoms with Crippen LogP contribution in [0.4, 0.5) is 0 Å². The standard InChI is InChI=1S/C16H19N3O3/c1-16(2)13-10(6-7-21-13)14(16)22-15(20)9-4-5-12-11(8-9)17-18-19(12)3/h4-5,8,10,13-14H,6-7H2,1-3H3/t10-,13-,14+/m1/s1. The average Bonchev–Trinajstić information content (AvgIpc) is 3.10. The molecule has 1 saturated carbocycles. The lowest BCUT2D eigenvalue weighted by Gasteiger charge is -2.53. The van der Waals surface area contributed by atoms with Crippen molar-refractivity contribution in [3.8, 4) is 0 Å². The number of esters is 1. The average molecular weight is 301 g/mol. The molecule has 6 nitrogen and oxygen atoms in total. The molecule has 6 heteroatoms. The van der Waals surface area contributed by atoms with Crippen molar-refractivity contribution < 1.29 is 14.3 Å². The Morgan fingerprint density at radius 3 is 3.09 bits per heavy atom. The van der Waals surface area contributed by atoms with E-state index in [1.165, 1.54) is 0 Å². The number of carbonyl (C=O) groups is 1. The van der Waals surface area contributed by atoms with Crippen molar-refractivity contribution in [2.45, 2.75) is 32.5 Å². The molecule has 1 aliphatic carbocycles. The Morgan fingerprint density at radius 1 is 1.45 bits per heavy atom. The lowest BCUT2D eigenvalue weighted by Crippen LogP contribution is -2.61. The third-order valence-corrected chi connectivity index (χ3v) is 5.07. The minimum Gasteiger partial charge on any atom is -0.458 e. The molecule has 2 fully saturated rings. The van der Waals surface area contributed by atoms with E-state index in [9.17, 15) is 4.79 Å². The first-order valence-electron chi connectivity index (χ1n) is 7.60. The number of carbonyl (C=O) groups excluding carboxylic acids is 1. The van der Waals surface area contributed by atoms with Gasteiger partial charge in [0.2, 0.25) is 0 Å². The van der Waals surface area contributed by atoms with E-state index < -0.39 is 0 Å². The molecule has 0 radical (unpaired) electrons. The van der Waals surface area contributed by atoms with E-state index in [1.807, 2.05) is 13.1 Å². The molecule has 1 aliphatic heterocycles. The molecule has 2 aromatic rings. The summed E-state index contributed by atoms with van der Waals surface area (Å²) in [5.41, 5.74) is 2.00. The van der Waals surface area contributed by atoms with Crippen LogP contribution in [0.15, 0.2) is 18.2 Å². The van der Waals surface area contributed by atoms with Gasteiger partial charge in [0, 0.05) is 25.0 Å². The van der Waals surface area contributed by atoms with Crippen LogP contribution in [0.1, 0.15) is 30.6 Å². The molecule has 22 heavy (non-hydrogen) atoms. The van der Waals surface area contributed by atoms with Crippen LogP contribution < -0.4 is 0 Å². The van der Waals surface area contributed by atoms with E-state index in [-0.39, 0.29) is 23.6 Å². The Labute approximate surface area is 128 Å². The van der Waals surface area contributed by atoms with Crippen LogP contribution in [0, 0.1) is 11.3 Å². The van der Waals surface area contributed by atoms with Crippen molar-refractivity contribution >= 4 is 17.0 Å². The molecule has 0 spiro atoms. The minimum absolute atomic E-state index is 0.0787. The van der Waals surface area contributed by atoms with Gasteiger partial charge in [0.25, 0.3) is 0 Å². The van der Waals surface area contributed by atoms with E-state index in [0.29, 0.717) is 17.0 Å². The molecule has 3 atom stereocenters. The zero-order valence-electron chi connectivity index (χ0n) is 12.9. The Balaban J connectivity index is 1.56. The Kier molecular flexibility index (Phi) is 2.81. The molecule has 116 valence electrons. The van der Waals surface area contributed by atoms with Gasteiger partial charge in [0.05, 0.1) is 17.2 Å². The fraction of sp³-hybridized carbons (Fsp3) is 0.562. The molecule has 4 rings (SSSR count). The predicted octanol–water partition coefficient (Wildman–Crippen LogP) is 1.94. The Bertz CT molecular complexity index is 752. The summed E-state index contributed by atoms with van der Waals surface area (Å²) in [5.74, 6) is 0.0372. The van der Waals surface area contributed by atoms with Crippen LogP contribution in [-0.2, 0) is 16.5 Å². The van der Waals surface area contributed by atoms with E-state index in [4.69, 9.17) is 9.47 Å². The van der Waals surface area contributed by atoms with Gasteiger partial charge in [-0.05, 0) is 24.6 Å². The fourth-order valence-corrected chi connectivity index (χ4v) is 3.87. The minimum atomic E-state index is -0.295. The van der Waals surface area contributed by atoms with Gasteiger partial charge in [0.1, 0.15) is 11.6 Å². The molecule has 1 aromatic carbocycles. The number of aromatic nitrogens is 3. The third-order valence-electron chi connectivity index (χ3n) is 5.07.